The minimum atomic E-state index is -0.161. The van der Waals surface area contributed by atoms with E-state index in [4.69, 9.17) is 5.11 Å². The van der Waals surface area contributed by atoms with Gasteiger partial charge in [-0.1, -0.05) is 30.3 Å². The molecule has 0 atom stereocenters. The van der Waals surface area contributed by atoms with E-state index in [1.54, 1.807) is 6.07 Å². The van der Waals surface area contributed by atoms with Gasteiger partial charge in [0.05, 0.1) is 12.3 Å². The van der Waals surface area contributed by atoms with Gasteiger partial charge in [0.25, 0.3) is 0 Å². The van der Waals surface area contributed by atoms with E-state index in [-0.39, 0.29) is 12.2 Å². The van der Waals surface area contributed by atoms with Crippen LogP contribution in [0.25, 0.3) is 11.3 Å². The number of pyridine rings is 1. The molecule has 0 bridgehead atoms. The van der Waals surface area contributed by atoms with Crippen LogP contribution in [0.2, 0.25) is 0 Å². The van der Waals surface area contributed by atoms with Gasteiger partial charge in [-0.2, -0.15) is 0 Å². The van der Waals surface area contributed by atoms with Crippen LogP contribution < -0.4 is 5.56 Å². The molecule has 2 aromatic rings. The zero-order valence-electron chi connectivity index (χ0n) is 8.10. The van der Waals surface area contributed by atoms with Crippen molar-refractivity contribution >= 4 is 0 Å². The van der Waals surface area contributed by atoms with E-state index in [0.717, 1.165) is 11.1 Å². The molecule has 0 fully saturated rings. The van der Waals surface area contributed by atoms with E-state index in [2.05, 4.69) is 4.98 Å². The highest BCUT2D eigenvalue weighted by Crippen LogP contribution is 2.19. The fraction of sp³-hybridized carbons (Fsp3) is 0.0833. The molecule has 0 aliphatic rings. The zero-order chi connectivity index (χ0) is 10.7. The molecule has 0 amide bonds. The second-order valence-corrected chi connectivity index (χ2v) is 3.25. The normalized spacial score (nSPS) is 10.2. The molecule has 0 aliphatic carbocycles. The third-order valence-corrected chi connectivity index (χ3v) is 2.24. The Balaban J connectivity index is 2.61. The fourth-order valence-corrected chi connectivity index (χ4v) is 1.50. The second-order valence-electron chi connectivity index (χ2n) is 3.25. The van der Waals surface area contributed by atoms with Crippen LogP contribution in [0.4, 0.5) is 0 Å². The predicted octanol–water partition coefficient (Wildman–Crippen LogP) is 1.53. The highest BCUT2D eigenvalue weighted by Gasteiger charge is 2.04. The Labute approximate surface area is 87.0 Å². The number of aliphatic hydroxyl groups is 1. The summed E-state index contributed by atoms with van der Waals surface area (Å²) in [4.78, 5) is 13.9. The van der Waals surface area contributed by atoms with Crippen molar-refractivity contribution < 1.29 is 5.11 Å². The number of nitrogens with one attached hydrogen (secondary N) is 1. The van der Waals surface area contributed by atoms with Crippen LogP contribution >= 0.6 is 0 Å². The van der Waals surface area contributed by atoms with Gasteiger partial charge in [0, 0.05) is 11.6 Å². The van der Waals surface area contributed by atoms with Gasteiger partial charge in [-0.05, 0) is 11.6 Å². The summed E-state index contributed by atoms with van der Waals surface area (Å²) in [5.74, 6) is 0. The molecule has 1 heterocycles. The van der Waals surface area contributed by atoms with Crippen molar-refractivity contribution in [3.05, 3.63) is 58.4 Å². The molecule has 0 unspecified atom stereocenters. The van der Waals surface area contributed by atoms with Gasteiger partial charge in [-0.3, -0.25) is 4.79 Å². The minimum Gasteiger partial charge on any atom is -0.392 e. The molecule has 0 radical (unpaired) electrons. The van der Waals surface area contributed by atoms with E-state index < -0.39 is 0 Å². The van der Waals surface area contributed by atoms with Gasteiger partial charge in [0.15, 0.2) is 0 Å². The molecule has 0 spiro atoms. The first kappa shape index (κ1) is 9.68. The summed E-state index contributed by atoms with van der Waals surface area (Å²) in [7, 11) is 0. The Bertz CT molecular complexity index is 503. The number of benzene rings is 1. The van der Waals surface area contributed by atoms with Crippen LogP contribution in [-0.2, 0) is 6.61 Å². The van der Waals surface area contributed by atoms with E-state index in [0.29, 0.717) is 5.69 Å². The highest BCUT2D eigenvalue weighted by atomic mass is 16.3. The average molecular weight is 201 g/mol. The molecule has 0 saturated heterocycles. The lowest BCUT2D eigenvalue weighted by molar-refractivity contribution is 0.282. The SMILES string of the molecule is O=c1ccc(CO)c(-c2ccccc2)[nH]1. The molecular weight excluding hydrogens is 190 g/mol. The second kappa shape index (κ2) is 4.11. The van der Waals surface area contributed by atoms with E-state index >= 15 is 0 Å². The maximum atomic E-state index is 11.2. The lowest BCUT2D eigenvalue weighted by Crippen LogP contribution is -2.07. The van der Waals surface area contributed by atoms with Gasteiger partial charge < -0.3 is 10.1 Å². The number of aromatic amines is 1. The van der Waals surface area contributed by atoms with Crippen molar-refractivity contribution in [1.82, 2.24) is 4.98 Å². The van der Waals surface area contributed by atoms with Crippen molar-refractivity contribution in [1.29, 1.82) is 0 Å². The molecule has 3 nitrogen and oxygen atoms in total. The molecule has 2 rings (SSSR count). The summed E-state index contributed by atoms with van der Waals surface area (Å²) < 4.78 is 0. The van der Waals surface area contributed by atoms with E-state index in [1.807, 2.05) is 30.3 Å². The molecular formula is C12H11NO2. The summed E-state index contributed by atoms with van der Waals surface area (Å²) in [5.41, 5.74) is 2.15. The van der Waals surface area contributed by atoms with Gasteiger partial charge in [0.2, 0.25) is 5.56 Å². The largest absolute Gasteiger partial charge is 0.392 e. The Morgan fingerprint density at radius 2 is 1.80 bits per heavy atom. The third-order valence-electron chi connectivity index (χ3n) is 2.24. The Morgan fingerprint density at radius 1 is 1.07 bits per heavy atom. The monoisotopic (exact) mass is 201 g/mol. The highest BCUT2D eigenvalue weighted by molar-refractivity contribution is 5.62. The molecule has 15 heavy (non-hydrogen) atoms. The van der Waals surface area contributed by atoms with Crippen LogP contribution in [0.1, 0.15) is 5.56 Å². The lowest BCUT2D eigenvalue weighted by Gasteiger charge is -2.06. The number of hydrogen-bond donors (Lipinski definition) is 2. The van der Waals surface area contributed by atoms with Crippen molar-refractivity contribution in [2.24, 2.45) is 0 Å². The maximum Gasteiger partial charge on any atom is 0.248 e. The van der Waals surface area contributed by atoms with Crippen molar-refractivity contribution in [2.75, 3.05) is 0 Å². The van der Waals surface area contributed by atoms with Crippen molar-refractivity contribution in [2.45, 2.75) is 6.61 Å². The van der Waals surface area contributed by atoms with Gasteiger partial charge in [0.1, 0.15) is 0 Å². The maximum absolute atomic E-state index is 11.2. The van der Waals surface area contributed by atoms with Crippen LogP contribution in [0.15, 0.2) is 47.3 Å². The molecule has 1 aromatic carbocycles. The predicted molar refractivity (Wildman–Crippen MR) is 58.4 cm³/mol. The standard InChI is InChI=1S/C12H11NO2/c14-8-10-6-7-11(15)13-12(10)9-4-2-1-3-5-9/h1-7,14H,8H2,(H,13,15). The zero-order valence-corrected chi connectivity index (χ0v) is 8.10. The number of aromatic nitrogens is 1. The quantitative estimate of drug-likeness (QED) is 0.774. The topological polar surface area (TPSA) is 53.1 Å². The molecule has 2 N–H and O–H groups in total. The summed E-state index contributed by atoms with van der Waals surface area (Å²) in [6, 6.07) is 12.5. The Hall–Kier alpha value is -1.87. The Morgan fingerprint density at radius 3 is 2.47 bits per heavy atom. The molecule has 1 aromatic heterocycles. The number of hydrogen-bond acceptors (Lipinski definition) is 2. The fourth-order valence-electron chi connectivity index (χ4n) is 1.50. The first-order valence-electron chi connectivity index (χ1n) is 4.70. The minimum absolute atomic E-state index is 0.0823. The van der Waals surface area contributed by atoms with E-state index in [9.17, 15) is 4.79 Å². The van der Waals surface area contributed by atoms with Gasteiger partial charge in [-0.25, -0.2) is 0 Å². The molecule has 3 heteroatoms. The van der Waals surface area contributed by atoms with Crippen molar-refractivity contribution in [3.63, 3.8) is 0 Å². The van der Waals surface area contributed by atoms with Gasteiger partial charge in [-0.15, -0.1) is 0 Å². The summed E-state index contributed by atoms with van der Waals surface area (Å²) >= 11 is 0. The number of H-pyrrole nitrogens is 1. The lowest BCUT2D eigenvalue weighted by atomic mass is 10.1. The number of rotatable bonds is 2. The molecule has 76 valence electrons. The van der Waals surface area contributed by atoms with Crippen LogP contribution in [-0.4, -0.2) is 10.1 Å². The number of aliphatic hydroxyl groups excluding tert-OH is 1. The summed E-state index contributed by atoms with van der Waals surface area (Å²) in [6.07, 6.45) is 0. The Kier molecular flexibility index (Phi) is 2.65. The van der Waals surface area contributed by atoms with Gasteiger partial charge >= 0.3 is 0 Å². The smallest absolute Gasteiger partial charge is 0.248 e. The average Bonchev–Trinajstić information content (AvgIpc) is 2.30. The van der Waals surface area contributed by atoms with Crippen LogP contribution in [0.3, 0.4) is 0 Å². The molecule has 0 saturated carbocycles. The van der Waals surface area contributed by atoms with Crippen molar-refractivity contribution in [3.8, 4) is 11.3 Å². The molecule has 0 aliphatic heterocycles. The third kappa shape index (κ3) is 1.97. The first-order valence-corrected chi connectivity index (χ1v) is 4.70. The first-order chi connectivity index (χ1) is 7.31. The summed E-state index contributed by atoms with van der Waals surface area (Å²) in [5, 5.41) is 9.15. The van der Waals surface area contributed by atoms with Crippen LogP contribution in [0, 0.1) is 0 Å². The van der Waals surface area contributed by atoms with E-state index in [1.165, 1.54) is 6.07 Å². The summed E-state index contributed by atoms with van der Waals surface area (Å²) in [6.45, 7) is -0.0823. The van der Waals surface area contributed by atoms with Crippen LogP contribution in [0.5, 0.6) is 0 Å².